The number of carbonyl (C=O) groups is 2. The van der Waals surface area contributed by atoms with Crippen LogP contribution in [0.5, 0.6) is 0 Å². The Hall–Kier alpha value is -2.57. The summed E-state index contributed by atoms with van der Waals surface area (Å²) in [4.78, 5) is 27.2. The first-order valence-corrected chi connectivity index (χ1v) is 10.3. The fourth-order valence-electron chi connectivity index (χ4n) is 3.99. The molecule has 0 saturated carbocycles. The molecule has 1 fully saturated rings. The van der Waals surface area contributed by atoms with Crippen LogP contribution < -0.4 is 16.0 Å². The number of hydrogen-bond donors (Lipinski definition) is 3. The van der Waals surface area contributed by atoms with E-state index in [0.29, 0.717) is 19.0 Å². The topological polar surface area (TPSA) is 73.5 Å². The second kappa shape index (κ2) is 9.49. The van der Waals surface area contributed by atoms with Crippen molar-refractivity contribution in [3.05, 3.63) is 59.2 Å². The number of nitrogens with one attached hydrogen (secondary N) is 3. The highest BCUT2D eigenvalue weighted by Gasteiger charge is 2.33. The van der Waals surface area contributed by atoms with Gasteiger partial charge < -0.3 is 20.9 Å². The van der Waals surface area contributed by atoms with Crippen LogP contribution in [-0.2, 0) is 17.8 Å². The number of amides is 3. The molecule has 0 aliphatic carbocycles. The molecule has 1 saturated heterocycles. The van der Waals surface area contributed by atoms with Gasteiger partial charge >= 0.3 is 6.03 Å². The molecule has 160 valence electrons. The van der Waals surface area contributed by atoms with E-state index in [1.807, 2.05) is 61.2 Å². The monoisotopic (exact) mass is 428 g/mol. The first-order chi connectivity index (χ1) is 14.0. The second-order valence-electron chi connectivity index (χ2n) is 8.11. The molecule has 30 heavy (non-hydrogen) atoms. The normalized spacial score (nSPS) is 16.5. The summed E-state index contributed by atoms with van der Waals surface area (Å²) in [5, 5.41) is 9.09. The lowest BCUT2D eigenvalue weighted by Gasteiger charge is -2.37. The number of aryl methyl sites for hydroxylation is 1. The maximum absolute atomic E-state index is 12.9. The van der Waals surface area contributed by atoms with Crippen LogP contribution in [0.15, 0.2) is 42.5 Å². The summed E-state index contributed by atoms with van der Waals surface area (Å²) in [6.07, 6.45) is 0.748. The molecule has 2 aromatic rings. The molecule has 1 atom stereocenters. The van der Waals surface area contributed by atoms with Crippen molar-refractivity contribution in [1.82, 2.24) is 10.2 Å². The van der Waals surface area contributed by atoms with E-state index in [2.05, 4.69) is 16.0 Å². The highest BCUT2D eigenvalue weighted by Crippen LogP contribution is 2.28. The van der Waals surface area contributed by atoms with Gasteiger partial charge in [0.1, 0.15) is 0 Å². The van der Waals surface area contributed by atoms with Gasteiger partial charge in [0.05, 0.1) is 0 Å². The van der Waals surface area contributed by atoms with E-state index in [1.54, 1.807) is 0 Å². The largest absolute Gasteiger partial charge is 0.338 e. The zero-order valence-corrected chi connectivity index (χ0v) is 18.2. The van der Waals surface area contributed by atoms with Gasteiger partial charge in [-0.25, -0.2) is 4.79 Å². The molecule has 3 N–H and O–H groups in total. The molecule has 0 bridgehead atoms. The maximum atomic E-state index is 12.9. The zero-order valence-electron chi connectivity index (χ0n) is 17.4. The molecule has 2 aliphatic rings. The van der Waals surface area contributed by atoms with Crippen LogP contribution in [0.25, 0.3) is 0 Å². The van der Waals surface area contributed by atoms with Crippen LogP contribution in [0, 0.1) is 18.8 Å². The average Bonchev–Trinajstić information content (AvgIpc) is 2.67. The van der Waals surface area contributed by atoms with Crippen molar-refractivity contribution in [2.75, 3.05) is 30.3 Å². The third-order valence-electron chi connectivity index (χ3n) is 6.04. The van der Waals surface area contributed by atoms with Gasteiger partial charge in [-0.05, 0) is 61.7 Å². The second-order valence-corrected chi connectivity index (χ2v) is 8.11. The van der Waals surface area contributed by atoms with Gasteiger partial charge in [-0.15, -0.1) is 12.4 Å². The minimum absolute atomic E-state index is 0. The van der Waals surface area contributed by atoms with Gasteiger partial charge in [-0.3, -0.25) is 4.79 Å². The van der Waals surface area contributed by atoms with Crippen LogP contribution in [0.1, 0.15) is 23.6 Å². The molecule has 2 heterocycles. The van der Waals surface area contributed by atoms with Crippen LogP contribution in [0.3, 0.4) is 0 Å². The standard InChI is InChI=1S/C23H28N4O2.ClH/c1-15-6-8-19(9-7-15)25-23(29)26-21-5-3-4-17-14-27(11-10-20(17)21)22(28)16(2)18-12-24-13-18;/h3-9,16,18,24H,10-14H2,1-2H3,(H2,25,26,29);1H. The molecule has 0 aromatic heterocycles. The Bertz CT molecular complexity index is 912. The Morgan fingerprint density at radius 1 is 1.10 bits per heavy atom. The highest BCUT2D eigenvalue weighted by atomic mass is 35.5. The molecule has 0 radical (unpaired) electrons. The van der Waals surface area contributed by atoms with Gasteiger partial charge in [0.25, 0.3) is 0 Å². The molecule has 7 heteroatoms. The quantitative estimate of drug-likeness (QED) is 0.693. The van der Waals surface area contributed by atoms with Crippen molar-refractivity contribution in [1.29, 1.82) is 0 Å². The van der Waals surface area contributed by atoms with E-state index in [0.717, 1.165) is 47.6 Å². The number of halogens is 1. The minimum atomic E-state index is -0.258. The fraction of sp³-hybridized carbons (Fsp3) is 0.391. The predicted molar refractivity (Wildman–Crippen MR) is 122 cm³/mol. The van der Waals surface area contributed by atoms with E-state index in [9.17, 15) is 9.59 Å². The number of urea groups is 1. The SMILES string of the molecule is Cc1ccc(NC(=O)Nc2cccc3c2CCN(C(=O)C(C)C2CNC2)C3)cc1.Cl. The molecular weight excluding hydrogens is 400 g/mol. The van der Waals surface area contributed by atoms with Crippen molar-refractivity contribution in [2.45, 2.75) is 26.8 Å². The van der Waals surface area contributed by atoms with Crippen molar-refractivity contribution in [3.63, 3.8) is 0 Å². The smallest absolute Gasteiger partial charge is 0.323 e. The zero-order chi connectivity index (χ0) is 20.4. The van der Waals surface area contributed by atoms with Crippen molar-refractivity contribution < 1.29 is 9.59 Å². The van der Waals surface area contributed by atoms with E-state index in [1.165, 1.54) is 0 Å². The van der Waals surface area contributed by atoms with Crippen molar-refractivity contribution >= 4 is 35.7 Å². The summed E-state index contributed by atoms with van der Waals surface area (Å²) in [6.45, 7) is 7.21. The van der Waals surface area contributed by atoms with Crippen molar-refractivity contribution in [3.8, 4) is 0 Å². The van der Waals surface area contributed by atoms with Crippen LogP contribution in [-0.4, -0.2) is 36.5 Å². The molecule has 0 spiro atoms. The lowest BCUT2D eigenvalue weighted by Crippen LogP contribution is -2.51. The molecule has 2 aromatic carbocycles. The summed E-state index contributed by atoms with van der Waals surface area (Å²) in [5.74, 6) is 0.736. The van der Waals surface area contributed by atoms with Gasteiger partial charge in [-0.2, -0.15) is 0 Å². The van der Waals surface area contributed by atoms with Crippen LogP contribution in [0.4, 0.5) is 16.2 Å². The Morgan fingerprint density at radius 3 is 2.50 bits per heavy atom. The molecule has 6 nitrogen and oxygen atoms in total. The van der Waals surface area contributed by atoms with E-state index < -0.39 is 0 Å². The molecule has 3 amide bonds. The maximum Gasteiger partial charge on any atom is 0.323 e. The number of nitrogens with zero attached hydrogens (tertiary/aromatic N) is 1. The van der Waals surface area contributed by atoms with E-state index in [4.69, 9.17) is 0 Å². The highest BCUT2D eigenvalue weighted by molar-refractivity contribution is 6.00. The Labute approximate surface area is 183 Å². The number of hydrogen-bond acceptors (Lipinski definition) is 3. The van der Waals surface area contributed by atoms with Crippen LogP contribution in [0.2, 0.25) is 0 Å². The summed E-state index contributed by atoms with van der Waals surface area (Å²) in [7, 11) is 0. The first kappa shape index (κ1) is 22.1. The van der Waals surface area contributed by atoms with Gasteiger partial charge in [0.2, 0.25) is 5.91 Å². The van der Waals surface area contributed by atoms with Gasteiger partial charge in [0, 0.05) is 30.4 Å². The van der Waals surface area contributed by atoms with Crippen LogP contribution >= 0.6 is 12.4 Å². The van der Waals surface area contributed by atoms with Gasteiger partial charge in [-0.1, -0.05) is 36.8 Å². The lowest BCUT2D eigenvalue weighted by atomic mass is 9.87. The molecule has 1 unspecified atom stereocenters. The molecule has 2 aliphatic heterocycles. The summed E-state index contributed by atoms with van der Waals surface area (Å²) in [6, 6.07) is 13.4. The lowest BCUT2D eigenvalue weighted by molar-refractivity contribution is -0.138. The Morgan fingerprint density at radius 2 is 1.83 bits per heavy atom. The summed E-state index contributed by atoms with van der Waals surface area (Å²) >= 11 is 0. The Balaban J connectivity index is 0.00000256. The number of fused-ring (bicyclic) bond motifs is 1. The first-order valence-electron chi connectivity index (χ1n) is 10.3. The number of benzene rings is 2. The minimum Gasteiger partial charge on any atom is -0.338 e. The summed E-state index contributed by atoms with van der Waals surface area (Å²) < 4.78 is 0. The number of rotatable bonds is 4. The summed E-state index contributed by atoms with van der Waals surface area (Å²) in [5.41, 5.74) is 4.95. The van der Waals surface area contributed by atoms with Crippen molar-refractivity contribution in [2.24, 2.45) is 11.8 Å². The number of carbonyl (C=O) groups excluding carboxylic acids is 2. The third kappa shape index (κ3) is 4.77. The Kier molecular flexibility index (Phi) is 7.00. The van der Waals surface area contributed by atoms with E-state index >= 15 is 0 Å². The fourth-order valence-corrected chi connectivity index (χ4v) is 3.99. The molecular formula is C23H29ClN4O2. The number of anilines is 2. The predicted octanol–water partition coefficient (Wildman–Crippen LogP) is 3.80. The molecule has 4 rings (SSSR count). The van der Waals surface area contributed by atoms with E-state index in [-0.39, 0.29) is 30.3 Å². The third-order valence-corrected chi connectivity index (χ3v) is 6.04. The van der Waals surface area contributed by atoms with Gasteiger partial charge in [0.15, 0.2) is 0 Å². The average molecular weight is 429 g/mol.